The van der Waals surface area contributed by atoms with Gasteiger partial charge in [0.25, 0.3) is 0 Å². The third-order valence-corrected chi connectivity index (χ3v) is 35.4. The molecule has 0 amide bonds. The quantitative estimate of drug-likeness (QED) is 0.117. The summed E-state index contributed by atoms with van der Waals surface area (Å²) in [4.78, 5) is 3.02. The Kier molecular flexibility index (Phi) is 15.0. The van der Waals surface area contributed by atoms with Crippen molar-refractivity contribution < 1.29 is 84.5 Å². The lowest BCUT2D eigenvalue weighted by Gasteiger charge is -2.34. The van der Waals surface area contributed by atoms with Gasteiger partial charge in [-0.05, 0) is 320 Å². The van der Waals surface area contributed by atoms with Crippen LogP contribution in [0.2, 0.25) is 26.2 Å². The average molecular weight is 1900 g/mol. The molecule has 678 valence electrons. The molecule has 18 aromatic carbocycles. The number of aryl methyl sites for hydroxylation is 8. The highest BCUT2D eigenvalue weighted by atomic mass is 32.2. The summed E-state index contributed by atoms with van der Waals surface area (Å²) in [5, 5.41) is 3.93. The lowest BCUT2D eigenvalue weighted by molar-refractivity contribution is 0.361. The molecule has 12 heteroatoms. The van der Waals surface area contributed by atoms with E-state index in [1.807, 2.05) is 103 Å². The van der Waals surface area contributed by atoms with E-state index in [-0.39, 0.29) is 173 Å². The first-order chi connectivity index (χ1) is 80.4. The first kappa shape index (κ1) is 58.2. The smallest absolute Gasteiger partial charge is 0.177 e. The van der Waals surface area contributed by atoms with E-state index in [1.54, 1.807) is 146 Å². The Labute approximate surface area is 868 Å². The molecule has 0 aromatic heterocycles. The number of rotatable bonds is 11. The van der Waals surface area contributed by atoms with Gasteiger partial charge in [0.1, 0.15) is 62.1 Å². The number of hydrogen-bond acceptors (Lipinski definition) is 10. The third-order valence-electron chi connectivity index (χ3n) is 26.2. The maximum Gasteiger partial charge on any atom is 0.177 e. The van der Waals surface area contributed by atoms with Crippen molar-refractivity contribution in [3.8, 4) is 192 Å². The average Bonchev–Trinajstić information content (AvgIpc) is 0.717. The van der Waals surface area contributed by atoms with E-state index in [1.165, 1.54) is 116 Å². The molecule has 0 atom stereocenters. The van der Waals surface area contributed by atoms with Gasteiger partial charge in [-0.2, -0.15) is 0 Å². The SMILES string of the molecule is [2H]C([2H])([2H])c1cc(-c2cccc3c2Oc2ccccc2[Si]3(C)C)c(C([2H])([2H])[2H])cc1-c1cc(C([2H])([2H])[2H])c(-c2cccc3c2Oc2ccccc2[Si]3(C)C)cc1C([2H])([2H])[2H].[2H]C([2H])([2H])c1ccc(-c2ccc(C([2H])([2H])C)c(-c3cccc4c3Oc3ccccc3O4)c2C([2H])([2H])[2H])c(C([2H])([2H])[2H])c1-c1cccc2c1Oc1ccccc1O2.[2H]C([2H])([2H])c1ccc(-c2ccc(C([2H])([2H])C)c(-c3cccc4c3Oc3ccccc3S4)c2C([2H])([2H])[2H])c(C([2H])([2H])[2H])c1-c1cccc2c1Oc1ccccc1S2. The molecule has 0 aliphatic carbocycles. The number of hydrogen-bond donors (Lipinski definition) is 0. The summed E-state index contributed by atoms with van der Waals surface area (Å²) >= 11 is 2.84. The molecule has 0 N–H and O–H groups in total. The normalized spacial score (nSPS) is 18.1. The number of para-hydroxylation sites is 14. The van der Waals surface area contributed by atoms with Crippen molar-refractivity contribution in [3.63, 3.8) is 0 Å². The summed E-state index contributed by atoms with van der Waals surface area (Å²) in [6.45, 7) is -17.7. The summed E-state index contributed by atoms with van der Waals surface area (Å²) in [5.74, 6) is 6.05. The molecular formula is C126H106O8S2Si2. The fraction of sp³-hybridized carbons (Fsp3) is 0.143. The van der Waals surface area contributed by atoms with E-state index in [0.717, 1.165) is 30.5 Å². The molecule has 6 heterocycles. The summed E-state index contributed by atoms with van der Waals surface area (Å²) in [6.07, 6.45) is -4.17. The van der Waals surface area contributed by atoms with Crippen molar-refractivity contribution in [2.45, 2.75) is 141 Å². The van der Waals surface area contributed by atoms with Gasteiger partial charge in [0.05, 0.1) is 19.6 Å². The zero-order valence-corrected chi connectivity index (χ0v) is 78.9. The molecule has 138 heavy (non-hydrogen) atoms. The van der Waals surface area contributed by atoms with Crippen LogP contribution in [0.25, 0.3) is 100 Å². The number of benzene rings is 18. The van der Waals surface area contributed by atoms with Crippen LogP contribution in [0.4, 0.5) is 0 Å². The second-order valence-electron chi connectivity index (χ2n) is 35.0. The van der Waals surface area contributed by atoms with Crippen LogP contribution in [0.3, 0.4) is 0 Å². The van der Waals surface area contributed by atoms with Crippen molar-refractivity contribution >= 4 is 60.4 Å². The van der Waals surface area contributed by atoms with E-state index in [2.05, 4.69) is 26.2 Å². The largest absolute Gasteiger partial charge is 0.457 e. The van der Waals surface area contributed by atoms with Crippen LogP contribution in [0, 0.1) is 68.5 Å². The highest BCUT2D eigenvalue weighted by Gasteiger charge is 2.41. The predicted molar refractivity (Wildman–Crippen MR) is 575 cm³/mol. The molecule has 6 aliphatic heterocycles. The second-order valence-corrected chi connectivity index (χ2v) is 45.8. The van der Waals surface area contributed by atoms with Crippen LogP contribution in [0.15, 0.2) is 347 Å². The van der Waals surface area contributed by atoms with Crippen molar-refractivity contribution in [1.82, 2.24) is 0 Å². The van der Waals surface area contributed by atoms with E-state index in [4.69, 9.17) is 84.5 Å². The van der Waals surface area contributed by atoms with Gasteiger partial charge in [0, 0.05) is 80.0 Å². The molecule has 24 rings (SSSR count). The zero-order chi connectivity index (χ0) is 123. The Balaban J connectivity index is 0.000000141. The summed E-state index contributed by atoms with van der Waals surface area (Å²) < 4.78 is 350. The number of ether oxygens (including phenoxy) is 8. The lowest BCUT2D eigenvalue weighted by Crippen LogP contribution is -2.56. The minimum Gasteiger partial charge on any atom is -0.457 e. The van der Waals surface area contributed by atoms with Gasteiger partial charge in [-0.1, -0.05) is 306 Å². The summed E-state index contributed by atoms with van der Waals surface area (Å²) in [5.41, 5.74) is -2.28. The Morgan fingerprint density at radius 1 is 0.210 bits per heavy atom. The highest BCUT2D eigenvalue weighted by Crippen LogP contribution is 2.59. The van der Waals surface area contributed by atoms with E-state index >= 15 is 0 Å². The molecule has 0 fully saturated rings. The molecule has 6 aliphatic rings. The minimum atomic E-state index is -3.03. The van der Waals surface area contributed by atoms with Crippen molar-refractivity contribution in [1.29, 1.82) is 0 Å². The zero-order valence-electron chi connectivity index (χ0n) is 109. The molecule has 0 saturated carbocycles. The summed E-state index contributed by atoms with van der Waals surface area (Å²) in [6, 6.07) is 90.7. The monoisotopic (exact) mass is 1900 g/mol. The Bertz CT molecular complexity index is 8650. The molecule has 18 aromatic rings. The van der Waals surface area contributed by atoms with Crippen LogP contribution in [-0.4, -0.2) is 16.1 Å². The first-order valence-electron chi connectivity index (χ1n) is 61.7. The van der Waals surface area contributed by atoms with E-state index in [0.29, 0.717) is 89.7 Å². The molecule has 0 radical (unpaired) electrons. The lowest BCUT2D eigenvalue weighted by atomic mass is 9.84. The van der Waals surface area contributed by atoms with E-state index < -0.39 is 103 Å². The standard InChI is InChI=1S/C44H42O2Si2.C41H32O4.C41H32O2S2/c1-27-25-35(29(3)23-33(27)31-15-13-21-41-43(31)45-37-17-9-11-19-39(37)47(41,5)6)36-26-28(2)34(24-30(36)4)32-16-14-22-42-44(32)46-38-18-10-12-20-40(38)48(42,7)8;1-5-27-21-23-29(26(4)39(27)31-13-11-19-37-41(31)45-35-17-9-7-15-33(35)43-37)28-22-20-24(2)38(25(28)3)30-12-10-18-36-40(30)44-34-16-8-6-14-32(34)42-36;1-5-27-21-23-29(26(4)39(27)31-13-11-19-37-41(31)43-33-15-7-9-17-35(33)45-37)28-22-20-24(2)38(25(28)3)30-12-10-18-36-40(30)42-32-14-6-8-16-34(32)44-36/h9-26H,1-8H3;2*6-23H,5H2,1-4H3/i1D3,2D3,3D3,4D3;2*2D3,3D3,4D3,5D2. The maximum atomic E-state index is 9.00. The minimum absolute atomic E-state index is 0.000606. The second kappa shape index (κ2) is 35.6. The summed E-state index contributed by atoms with van der Waals surface area (Å²) in [7, 11) is -4.79. The van der Waals surface area contributed by atoms with Crippen LogP contribution in [-0.2, 0) is 12.7 Å². The fourth-order valence-electron chi connectivity index (χ4n) is 19.3. The van der Waals surface area contributed by atoms with Gasteiger partial charge in [-0.25, -0.2) is 0 Å². The molecular weight excluding hydrogens is 1760 g/mol. The third kappa shape index (κ3) is 15.3. The highest BCUT2D eigenvalue weighted by molar-refractivity contribution is 8.00. The van der Waals surface area contributed by atoms with Gasteiger partial charge in [0.15, 0.2) is 46.0 Å². The Morgan fingerprint density at radius 3 is 0.877 bits per heavy atom. The molecule has 0 saturated heterocycles. The van der Waals surface area contributed by atoms with E-state index in [9.17, 15) is 0 Å². The molecule has 0 spiro atoms. The fourth-order valence-corrected chi connectivity index (χ4v) is 26.9. The Hall–Kier alpha value is -14.5. The van der Waals surface area contributed by atoms with Crippen molar-refractivity contribution in [3.05, 3.63) is 394 Å². The number of fused-ring (bicyclic) bond motifs is 12. The van der Waals surface area contributed by atoms with Gasteiger partial charge in [-0.15, -0.1) is 0 Å². The van der Waals surface area contributed by atoms with Crippen LogP contribution in [0.1, 0.15) is 127 Å². The van der Waals surface area contributed by atoms with Crippen LogP contribution in [0.5, 0.6) is 92.0 Å². The molecule has 0 bridgehead atoms. The Morgan fingerprint density at radius 2 is 0.486 bits per heavy atom. The van der Waals surface area contributed by atoms with Gasteiger partial charge >= 0.3 is 0 Å². The maximum absolute atomic E-state index is 9.00. The predicted octanol–water partition coefficient (Wildman–Crippen LogP) is 34.4. The van der Waals surface area contributed by atoms with Crippen LogP contribution < -0.4 is 58.6 Å². The molecule has 0 unspecified atom stereocenters. The first-order valence-corrected chi connectivity index (χ1v) is 52.3. The van der Waals surface area contributed by atoms with Crippen molar-refractivity contribution in [2.24, 2.45) is 0 Å². The van der Waals surface area contributed by atoms with Gasteiger partial charge in [0.2, 0.25) is 0 Å². The van der Waals surface area contributed by atoms with Crippen LogP contribution >= 0.6 is 23.5 Å². The van der Waals surface area contributed by atoms with Gasteiger partial charge in [-0.3, -0.25) is 0 Å². The van der Waals surface area contributed by atoms with Gasteiger partial charge < -0.3 is 37.9 Å². The van der Waals surface area contributed by atoms with Crippen molar-refractivity contribution in [2.75, 3.05) is 0 Å². The topological polar surface area (TPSA) is 73.8 Å². The molecule has 8 nitrogen and oxygen atoms in total.